The molecule has 3 fully saturated rings. The summed E-state index contributed by atoms with van der Waals surface area (Å²) in [6.07, 6.45) is 9.57. The number of carbonyl (C=O) groups excluding carboxylic acids is 3. The summed E-state index contributed by atoms with van der Waals surface area (Å²) in [4.78, 5) is 38.5. The predicted molar refractivity (Wildman–Crippen MR) is 86.4 cm³/mol. The monoisotopic (exact) mass is 320 g/mol. The Labute approximate surface area is 138 Å². The van der Waals surface area contributed by atoms with E-state index < -0.39 is 5.41 Å². The van der Waals surface area contributed by atoms with E-state index in [0.29, 0.717) is 12.3 Å². The number of nitrogens with zero attached hydrogens (tertiary/aromatic N) is 1. The van der Waals surface area contributed by atoms with E-state index in [1.165, 1.54) is 11.3 Å². The van der Waals surface area contributed by atoms with Crippen molar-refractivity contribution in [1.82, 2.24) is 10.2 Å². The minimum atomic E-state index is -0.492. The smallest absolute Gasteiger partial charge is 0.240 e. The summed E-state index contributed by atoms with van der Waals surface area (Å²) in [7, 11) is 0. The van der Waals surface area contributed by atoms with E-state index in [4.69, 9.17) is 0 Å². The zero-order chi connectivity index (χ0) is 16.4. The van der Waals surface area contributed by atoms with Gasteiger partial charge in [-0.1, -0.05) is 39.0 Å². The van der Waals surface area contributed by atoms with Crippen LogP contribution in [0.15, 0.2) is 0 Å². The van der Waals surface area contributed by atoms with Crippen LogP contribution in [0.4, 0.5) is 0 Å². The van der Waals surface area contributed by atoms with E-state index in [1.54, 1.807) is 0 Å². The van der Waals surface area contributed by atoms with E-state index in [2.05, 4.69) is 12.2 Å². The maximum absolute atomic E-state index is 12.7. The van der Waals surface area contributed by atoms with Crippen LogP contribution in [0, 0.1) is 11.3 Å². The van der Waals surface area contributed by atoms with Crippen LogP contribution in [0.2, 0.25) is 0 Å². The fourth-order valence-electron chi connectivity index (χ4n) is 4.57. The van der Waals surface area contributed by atoms with Crippen LogP contribution >= 0.6 is 0 Å². The van der Waals surface area contributed by atoms with Crippen LogP contribution < -0.4 is 5.32 Å². The van der Waals surface area contributed by atoms with Crippen LogP contribution in [0.1, 0.15) is 71.1 Å². The van der Waals surface area contributed by atoms with Crippen molar-refractivity contribution >= 4 is 17.7 Å². The normalized spacial score (nSPS) is 30.7. The molecule has 3 aliphatic rings. The maximum Gasteiger partial charge on any atom is 0.240 e. The third kappa shape index (κ3) is 3.29. The largest absolute Gasteiger partial charge is 0.352 e. The molecule has 3 rings (SSSR count). The molecule has 0 radical (unpaired) electrons. The van der Waals surface area contributed by atoms with Crippen molar-refractivity contribution in [2.45, 2.75) is 77.2 Å². The summed E-state index contributed by atoms with van der Waals surface area (Å²) < 4.78 is 0. The van der Waals surface area contributed by atoms with Crippen LogP contribution in [0.3, 0.4) is 0 Å². The summed E-state index contributed by atoms with van der Waals surface area (Å²) in [5.74, 6) is 0.0264. The molecule has 2 saturated carbocycles. The van der Waals surface area contributed by atoms with Gasteiger partial charge in [0.15, 0.2) is 0 Å². The van der Waals surface area contributed by atoms with Crippen LogP contribution in [0.5, 0.6) is 0 Å². The molecular formula is C18H28N2O3. The Balaban J connectivity index is 1.59. The highest BCUT2D eigenvalue weighted by Crippen LogP contribution is 2.45. The molecule has 2 atom stereocenters. The van der Waals surface area contributed by atoms with Gasteiger partial charge >= 0.3 is 0 Å². The summed E-state index contributed by atoms with van der Waals surface area (Å²) in [5, 5.41) is 3.04. The molecule has 0 unspecified atom stereocenters. The van der Waals surface area contributed by atoms with Crippen LogP contribution in [-0.2, 0) is 14.4 Å². The Morgan fingerprint density at radius 1 is 1.13 bits per heavy atom. The zero-order valence-corrected chi connectivity index (χ0v) is 14.1. The molecule has 1 N–H and O–H groups in total. The number of imide groups is 1. The van der Waals surface area contributed by atoms with E-state index in [0.717, 1.165) is 51.4 Å². The SMILES string of the molecule is C[C@H]1CCCC[C@@H]1NC(=O)CN1C(=O)CC2(CCCCC2)C1=O. The van der Waals surface area contributed by atoms with E-state index in [9.17, 15) is 14.4 Å². The van der Waals surface area contributed by atoms with Gasteiger partial charge in [0.05, 0.1) is 5.41 Å². The Morgan fingerprint density at radius 2 is 1.83 bits per heavy atom. The lowest BCUT2D eigenvalue weighted by atomic mass is 9.73. The Hall–Kier alpha value is -1.39. The van der Waals surface area contributed by atoms with Crippen LogP contribution in [-0.4, -0.2) is 35.2 Å². The molecule has 1 aliphatic heterocycles. The lowest BCUT2D eigenvalue weighted by Crippen LogP contribution is -2.47. The minimum absolute atomic E-state index is 0.0946. The van der Waals surface area contributed by atoms with Crippen molar-refractivity contribution in [3.8, 4) is 0 Å². The Kier molecular flexibility index (Phi) is 4.74. The third-order valence-electron chi connectivity index (χ3n) is 6.06. The number of amides is 3. The second kappa shape index (κ2) is 6.62. The molecule has 5 nitrogen and oxygen atoms in total. The molecule has 0 aromatic carbocycles. The maximum atomic E-state index is 12.7. The number of nitrogens with one attached hydrogen (secondary N) is 1. The van der Waals surface area contributed by atoms with E-state index in [1.807, 2.05) is 0 Å². The number of rotatable bonds is 3. The first-order valence-electron chi connectivity index (χ1n) is 9.16. The summed E-state index contributed by atoms with van der Waals surface area (Å²) in [5.41, 5.74) is -0.492. The number of hydrogen-bond acceptors (Lipinski definition) is 3. The molecule has 23 heavy (non-hydrogen) atoms. The first-order chi connectivity index (χ1) is 11.0. The molecule has 0 bridgehead atoms. The number of likely N-dealkylation sites (tertiary alicyclic amines) is 1. The van der Waals surface area contributed by atoms with Gasteiger partial charge in [-0.25, -0.2) is 0 Å². The van der Waals surface area contributed by atoms with Gasteiger partial charge in [0.1, 0.15) is 6.54 Å². The van der Waals surface area contributed by atoms with E-state index in [-0.39, 0.29) is 30.3 Å². The first kappa shape index (κ1) is 16.5. The molecule has 1 heterocycles. The molecule has 0 aromatic heterocycles. The van der Waals surface area contributed by atoms with Gasteiger partial charge in [0, 0.05) is 12.5 Å². The van der Waals surface area contributed by atoms with Gasteiger partial charge < -0.3 is 5.32 Å². The molecule has 128 valence electrons. The standard InChI is InChI=1S/C18H28N2O3/c1-13-7-3-4-8-14(13)19-15(21)12-20-16(22)11-18(17(20)23)9-5-2-6-10-18/h13-14H,2-12H2,1H3,(H,19,21)/t13-,14-/m0/s1. The fourth-order valence-corrected chi connectivity index (χ4v) is 4.57. The molecule has 1 spiro atoms. The number of hydrogen-bond donors (Lipinski definition) is 1. The van der Waals surface area contributed by atoms with Gasteiger partial charge in [-0.05, 0) is 31.6 Å². The van der Waals surface area contributed by atoms with Crippen molar-refractivity contribution in [3.05, 3.63) is 0 Å². The number of carbonyl (C=O) groups is 3. The molecule has 0 aromatic rings. The molecule has 1 saturated heterocycles. The zero-order valence-electron chi connectivity index (χ0n) is 14.1. The summed E-state index contributed by atoms with van der Waals surface area (Å²) >= 11 is 0. The average Bonchev–Trinajstić information content (AvgIpc) is 2.75. The van der Waals surface area contributed by atoms with Crippen LogP contribution in [0.25, 0.3) is 0 Å². The minimum Gasteiger partial charge on any atom is -0.352 e. The molecule has 2 aliphatic carbocycles. The van der Waals surface area contributed by atoms with Gasteiger partial charge in [-0.2, -0.15) is 0 Å². The van der Waals surface area contributed by atoms with Gasteiger partial charge in [-0.3, -0.25) is 19.3 Å². The molecule has 3 amide bonds. The third-order valence-corrected chi connectivity index (χ3v) is 6.06. The predicted octanol–water partition coefficient (Wildman–Crippen LogP) is 2.39. The van der Waals surface area contributed by atoms with Crippen molar-refractivity contribution in [3.63, 3.8) is 0 Å². The van der Waals surface area contributed by atoms with Crippen molar-refractivity contribution in [2.24, 2.45) is 11.3 Å². The second-order valence-electron chi connectivity index (χ2n) is 7.74. The lowest BCUT2D eigenvalue weighted by molar-refractivity contribution is -0.145. The van der Waals surface area contributed by atoms with Gasteiger partial charge in [-0.15, -0.1) is 0 Å². The van der Waals surface area contributed by atoms with Gasteiger partial charge in [0.2, 0.25) is 17.7 Å². The molecule has 5 heteroatoms. The highest BCUT2D eigenvalue weighted by atomic mass is 16.2. The topological polar surface area (TPSA) is 66.5 Å². The van der Waals surface area contributed by atoms with E-state index >= 15 is 0 Å². The lowest BCUT2D eigenvalue weighted by Gasteiger charge is -2.31. The van der Waals surface area contributed by atoms with Crippen molar-refractivity contribution < 1.29 is 14.4 Å². The first-order valence-corrected chi connectivity index (χ1v) is 9.16. The summed E-state index contributed by atoms with van der Waals surface area (Å²) in [6.45, 7) is 2.07. The highest BCUT2D eigenvalue weighted by Gasteiger charge is 2.51. The van der Waals surface area contributed by atoms with Crippen molar-refractivity contribution in [2.75, 3.05) is 6.54 Å². The quantitative estimate of drug-likeness (QED) is 0.812. The summed E-state index contributed by atoms with van der Waals surface area (Å²) in [6, 6.07) is 0.188. The molecular weight excluding hydrogens is 292 g/mol. The van der Waals surface area contributed by atoms with Gasteiger partial charge in [0.25, 0.3) is 0 Å². The Morgan fingerprint density at radius 3 is 2.52 bits per heavy atom. The second-order valence-corrected chi connectivity index (χ2v) is 7.74. The fraction of sp³-hybridized carbons (Fsp3) is 0.833. The average molecular weight is 320 g/mol. The highest BCUT2D eigenvalue weighted by molar-refractivity contribution is 6.08. The van der Waals surface area contributed by atoms with Crippen molar-refractivity contribution in [1.29, 1.82) is 0 Å². The Bertz CT molecular complexity index is 496.